The van der Waals surface area contributed by atoms with Crippen molar-refractivity contribution in [3.8, 4) is 0 Å². The first-order chi connectivity index (χ1) is 32.8. The average molecular weight is 1130 g/mol. The summed E-state index contributed by atoms with van der Waals surface area (Å²) in [5.41, 5.74) is -3.32. The van der Waals surface area contributed by atoms with Crippen molar-refractivity contribution in [2.45, 2.75) is 62.2 Å². The predicted octanol–water partition coefficient (Wildman–Crippen LogP) is 17.5. The van der Waals surface area contributed by atoms with Crippen LogP contribution in [0.5, 0.6) is 0 Å². The highest BCUT2D eigenvalue weighted by atomic mass is 35.5. The van der Waals surface area contributed by atoms with Crippen molar-refractivity contribution in [2.75, 3.05) is 0 Å². The molecule has 0 aliphatic rings. The van der Waals surface area contributed by atoms with Crippen LogP contribution in [-0.2, 0) is 50.4 Å². The van der Waals surface area contributed by atoms with Crippen LogP contribution in [0.15, 0.2) is 97.6 Å². The number of rotatable bonds is 13. The SMILES string of the molecule is FC(F)(F)c1cnc(Cc2ccc(C(c3ccc(Cc4ncc(C(F)(F)F)cc4Cl)s3)C(c3ccc(Cc4ncc(C(F)(F)F)cc4Cl)s3)c3ccc(Cc4ncc(C(F)(F)F)cc4Cl)s3)s2)c(Cl)c1. The highest BCUT2D eigenvalue weighted by Gasteiger charge is 2.37. The summed E-state index contributed by atoms with van der Waals surface area (Å²) in [6, 6.07) is 17.7. The fourth-order valence-electron chi connectivity index (χ4n) is 7.23. The van der Waals surface area contributed by atoms with Crippen LogP contribution >= 0.6 is 91.8 Å². The number of thiophene rings is 4. The molecule has 0 radical (unpaired) electrons. The van der Waals surface area contributed by atoms with Gasteiger partial charge in [0.1, 0.15) is 0 Å². The smallest absolute Gasteiger partial charge is 0.259 e. The molecule has 0 saturated carbocycles. The molecular formula is C46H26Cl4F12N4S4. The van der Waals surface area contributed by atoms with Gasteiger partial charge in [0, 0.05) is 101 Å². The molecule has 0 unspecified atom stereocenters. The van der Waals surface area contributed by atoms with Gasteiger partial charge >= 0.3 is 24.7 Å². The number of alkyl halides is 12. The molecule has 0 atom stereocenters. The van der Waals surface area contributed by atoms with Crippen LogP contribution in [0, 0.1) is 0 Å². The minimum Gasteiger partial charge on any atom is -0.259 e. The maximum atomic E-state index is 13.5. The minimum atomic E-state index is -4.68. The van der Waals surface area contributed by atoms with Crippen LogP contribution in [-0.4, -0.2) is 19.9 Å². The van der Waals surface area contributed by atoms with Gasteiger partial charge in [-0.15, -0.1) is 45.3 Å². The molecule has 0 aromatic carbocycles. The molecule has 0 aliphatic carbocycles. The van der Waals surface area contributed by atoms with Crippen LogP contribution in [0.4, 0.5) is 52.7 Å². The molecule has 8 aromatic rings. The molecular weight excluding hydrogens is 1110 g/mol. The molecule has 366 valence electrons. The largest absolute Gasteiger partial charge is 0.417 e. The van der Waals surface area contributed by atoms with Gasteiger partial charge in [0.05, 0.1) is 65.1 Å². The minimum absolute atomic E-state index is 0.0564. The van der Waals surface area contributed by atoms with E-state index in [9.17, 15) is 52.7 Å². The van der Waals surface area contributed by atoms with E-state index >= 15 is 0 Å². The Balaban J connectivity index is 1.22. The normalized spacial score (nSPS) is 12.8. The summed E-state index contributed by atoms with van der Waals surface area (Å²) >= 11 is 30.6. The van der Waals surface area contributed by atoms with Gasteiger partial charge in [0.15, 0.2) is 0 Å². The second-order valence-corrected chi connectivity index (χ2v) is 21.9. The first-order valence-electron chi connectivity index (χ1n) is 20.0. The number of aromatic nitrogens is 4. The quantitative estimate of drug-likeness (QED) is 0.108. The maximum Gasteiger partial charge on any atom is 0.417 e. The Kier molecular flexibility index (Phi) is 15.1. The van der Waals surface area contributed by atoms with Crippen LogP contribution in [0.3, 0.4) is 0 Å². The summed E-state index contributed by atoms with van der Waals surface area (Å²) in [7, 11) is 0. The Bertz CT molecular complexity index is 2760. The lowest BCUT2D eigenvalue weighted by atomic mass is 9.87. The monoisotopic (exact) mass is 1130 g/mol. The Morgan fingerprint density at radius 1 is 0.343 bits per heavy atom. The van der Waals surface area contributed by atoms with E-state index in [1.807, 2.05) is 24.3 Å². The molecule has 0 fully saturated rings. The summed E-state index contributed by atoms with van der Waals surface area (Å²) in [5, 5.41) is -0.777. The van der Waals surface area contributed by atoms with Gasteiger partial charge < -0.3 is 0 Å². The second kappa shape index (κ2) is 20.3. The molecule has 0 bridgehead atoms. The first-order valence-corrected chi connectivity index (χ1v) is 24.8. The van der Waals surface area contributed by atoms with E-state index in [0.717, 1.165) is 43.8 Å². The standard InChI is InChI=1S/C46H26Cl4F12N4S4/c47-29-9-21(43(51,52)53)17-63-33(29)13-25-1-5-37(67-25)41(38-6-2-26(68-38)14-34-30(48)10-22(18-64-34)44(54,55)56)42(39-7-3-27(69-39)15-35-31(49)11-23(19-65-35)45(57,58)59)40-8-4-28(70-40)16-36-32(50)12-24(20-66-36)46(60,61)62/h1-12,17-20,41-42H,13-16H2. The number of nitrogens with zero attached hydrogens (tertiary/aromatic N) is 4. The fraction of sp³-hybridized carbons (Fsp3) is 0.217. The van der Waals surface area contributed by atoms with E-state index in [1.165, 1.54) is 45.3 Å². The number of hydrogen-bond acceptors (Lipinski definition) is 8. The van der Waals surface area contributed by atoms with Crippen molar-refractivity contribution in [1.82, 2.24) is 19.9 Å². The molecule has 70 heavy (non-hydrogen) atoms. The average Bonchev–Trinajstić information content (AvgIpc) is 4.11. The third-order valence-electron chi connectivity index (χ3n) is 10.6. The number of halogens is 16. The zero-order valence-corrected chi connectivity index (χ0v) is 41.0. The summed E-state index contributed by atoms with van der Waals surface area (Å²) in [6.07, 6.45) is -15.7. The summed E-state index contributed by atoms with van der Waals surface area (Å²) in [4.78, 5) is 21.8. The Morgan fingerprint density at radius 3 is 0.714 bits per heavy atom. The van der Waals surface area contributed by atoms with Gasteiger partial charge in [-0.25, -0.2) is 0 Å². The predicted molar refractivity (Wildman–Crippen MR) is 249 cm³/mol. The third kappa shape index (κ3) is 12.1. The Labute approximate surface area is 425 Å². The summed E-state index contributed by atoms with van der Waals surface area (Å²) in [5.74, 6) is -1.13. The Hall–Kier alpha value is -4.28. The highest BCUT2D eigenvalue weighted by Crippen LogP contribution is 2.51. The van der Waals surface area contributed by atoms with Crippen molar-refractivity contribution < 1.29 is 52.7 Å². The van der Waals surface area contributed by atoms with Gasteiger partial charge in [-0.05, 0) is 72.8 Å². The lowest BCUT2D eigenvalue weighted by molar-refractivity contribution is -0.138. The van der Waals surface area contributed by atoms with Crippen LogP contribution < -0.4 is 0 Å². The molecule has 0 saturated heterocycles. The van der Waals surface area contributed by atoms with Gasteiger partial charge in [-0.2, -0.15) is 52.7 Å². The van der Waals surface area contributed by atoms with Gasteiger partial charge in [-0.3, -0.25) is 19.9 Å². The van der Waals surface area contributed by atoms with Crippen LogP contribution in [0.25, 0.3) is 0 Å². The van der Waals surface area contributed by atoms with E-state index in [0.29, 0.717) is 44.3 Å². The topological polar surface area (TPSA) is 51.6 Å². The van der Waals surface area contributed by atoms with Crippen molar-refractivity contribution in [2.24, 2.45) is 0 Å². The van der Waals surface area contributed by atoms with E-state index < -0.39 is 58.8 Å². The van der Waals surface area contributed by atoms with Crippen molar-refractivity contribution in [1.29, 1.82) is 0 Å². The molecule has 0 amide bonds. The molecule has 0 N–H and O–H groups in total. The number of pyridine rings is 4. The van der Waals surface area contributed by atoms with Gasteiger partial charge in [0.2, 0.25) is 0 Å². The Morgan fingerprint density at radius 2 is 0.543 bits per heavy atom. The van der Waals surface area contributed by atoms with E-state index in [1.54, 1.807) is 24.3 Å². The van der Waals surface area contributed by atoms with Gasteiger partial charge in [-0.1, -0.05) is 46.4 Å². The molecule has 8 aromatic heterocycles. The van der Waals surface area contributed by atoms with Crippen molar-refractivity contribution >= 4 is 91.8 Å². The van der Waals surface area contributed by atoms with Crippen molar-refractivity contribution in [3.05, 3.63) is 202 Å². The van der Waals surface area contributed by atoms with E-state index in [-0.39, 0.29) is 68.5 Å². The molecule has 4 nitrogen and oxygen atoms in total. The molecule has 24 heteroatoms. The number of hydrogen-bond donors (Lipinski definition) is 0. The zero-order chi connectivity index (χ0) is 50.5. The van der Waals surface area contributed by atoms with Crippen molar-refractivity contribution in [3.63, 3.8) is 0 Å². The second-order valence-electron chi connectivity index (χ2n) is 15.5. The summed E-state index contributed by atoms with van der Waals surface area (Å²) < 4.78 is 162. The zero-order valence-electron chi connectivity index (χ0n) is 34.7. The van der Waals surface area contributed by atoms with Crippen LogP contribution in [0.1, 0.15) is 95.9 Å². The first kappa shape index (κ1) is 52.1. The highest BCUT2D eigenvalue weighted by molar-refractivity contribution is 7.15. The summed E-state index contributed by atoms with van der Waals surface area (Å²) in [6.45, 7) is 0. The van der Waals surface area contributed by atoms with E-state index in [4.69, 9.17) is 46.4 Å². The van der Waals surface area contributed by atoms with Crippen LogP contribution in [0.2, 0.25) is 20.1 Å². The molecule has 0 spiro atoms. The molecule has 8 heterocycles. The third-order valence-corrected chi connectivity index (χ3v) is 16.6. The lowest BCUT2D eigenvalue weighted by Crippen LogP contribution is -2.10. The maximum absolute atomic E-state index is 13.5. The fourth-order valence-corrected chi connectivity index (χ4v) is 13.0. The molecule has 8 rings (SSSR count). The van der Waals surface area contributed by atoms with E-state index in [2.05, 4.69) is 19.9 Å². The molecule has 0 aliphatic heterocycles. The van der Waals surface area contributed by atoms with Gasteiger partial charge in [0.25, 0.3) is 0 Å². The lowest BCUT2D eigenvalue weighted by Gasteiger charge is -2.24.